The highest BCUT2D eigenvalue weighted by Crippen LogP contribution is 2.38. The van der Waals surface area contributed by atoms with Crippen LogP contribution in [0.4, 0.5) is 0 Å². The van der Waals surface area contributed by atoms with E-state index >= 15 is 0 Å². The van der Waals surface area contributed by atoms with Crippen LogP contribution >= 0.6 is 0 Å². The first-order chi connectivity index (χ1) is 9.15. The molecule has 1 heterocycles. The highest BCUT2D eigenvalue weighted by atomic mass is 15.3. The third-order valence-electron chi connectivity index (χ3n) is 4.50. The van der Waals surface area contributed by atoms with Crippen molar-refractivity contribution in [3.63, 3.8) is 0 Å². The van der Waals surface area contributed by atoms with Crippen LogP contribution in [0.15, 0.2) is 6.07 Å². The molecular formula is C16H29N3. The molecule has 0 spiro atoms. The Hall–Kier alpha value is -0.830. The number of rotatable bonds is 6. The van der Waals surface area contributed by atoms with Crippen molar-refractivity contribution >= 4 is 0 Å². The molecule has 2 rings (SSSR count). The van der Waals surface area contributed by atoms with Gasteiger partial charge in [0.25, 0.3) is 0 Å². The number of nitrogens with zero attached hydrogens (tertiary/aromatic N) is 2. The molecule has 0 atom stereocenters. The second-order valence-corrected chi connectivity index (χ2v) is 6.31. The van der Waals surface area contributed by atoms with Gasteiger partial charge < -0.3 is 5.32 Å². The monoisotopic (exact) mass is 263 g/mol. The van der Waals surface area contributed by atoms with Gasteiger partial charge in [-0.2, -0.15) is 5.10 Å². The Morgan fingerprint density at radius 3 is 2.63 bits per heavy atom. The van der Waals surface area contributed by atoms with Crippen LogP contribution in [0, 0.1) is 12.3 Å². The zero-order valence-electron chi connectivity index (χ0n) is 12.8. The predicted octanol–water partition coefficient (Wildman–Crippen LogP) is 3.22. The van der Waals surface area contributed by atoms with Crippen molar-refractivity contribution in [1.29, 1.82) is 0 Å². The zero-order valence-corrected chi connectivity index (χ0v) is 12.8. The van der Waals surface area contributed by atoms with Gasteiger partial charge in [0.2, 0.25) is 0 Å². The molecule has 3 heteroatoms. The van der Waals surface area contributed by atoms with Crippen molar-refractivity contribution in [2.24, 2.45) is 12.5 Å². The maximum absolute atomic E-state index is 4.50. The van der Waals surface area contributed by atoms with Gasteiger partial charge in [-0.05, 0) is 50.6 Å². The predicted molar refractivity (Wildman–Crippen MR) is 80.3 cm³/mol. The molecule has 0 unspecified atom stereocenters. The molecule has 108 valence electrons. The summed E-state index contributed by atoms with van der Waals surface area (Å²) in [5, 5.41) is 8.16. The number of aryl methyl sites for hydroxylation is 2. The van der Waals surface area contributed by atoms with Gasteiger partial charge in [0.05, 0.1) is 5.69 Å². The van der Waals surface area contributed by atoms with E-state index in [1.54, 1.807) is 0 Å². The highest BCUT2D eigenvalue weighted by molar-refractivity contribution is 5.11. The lowest BCUT2D eigenvalue weighted by atomic mass is 9.71. The number of hydrogen-bond acceptors (Lipinski definition) is 2. The van der Waals surface area contributed by atoms with Crippen LogP contribution in [-0.4, -0.2) is 22.9 Å². The summed E-state index contributed by atoms with van der Waals surface area (Å²) in [5.41, 5.74) is 3.01. The largest absolute Gasteiger partial charge is 0.316 e. The summed E-state index contributed by atoms with van der Waals surface area (Å²) in [6.45, 7) is 6.65. The van der Waals surface area contributed by atoms with Crippen molar-refractivity contribution in [3.05, 3.63) is 17.5 Å². The van der Waals surface area contributed by atoms with E-state index in [2.05, 4.69) is 42.1 Å². The van der Waals surface area contributed by atoms with E-state index in [1.165, 1.54) is 57.2 Å². The minimum atomic E-state index is 0.466. The molecule has 0 radical (unpaired) electrons. The smallest absolute Gasteiger partial charge is 0.0596 e. The Kier molecular flexibility index (Phi) is 5.03. The quantitative estimate of drug-likeness (QED) is 0.799. The maximum Gasteiger partial charge on any atom is 0.0596 e. The third-order valence-corrected chi connectivity index (χ3v) is 4.50. The van der Waals surface area contributed by atoms with Crippen molar-refractivity contribution < 1.29 is 0 Å². The molecule has 3 nitrogen and oxygen atoms in total. The second kappa shape index (κ2) is 6.56. The summed E-state index contributed by atoms with van der Waals surface area (Å²) < 4.78 is 2.07. The van der Waals surface area contributed by atoms with E-state index in [4.69, 9.17) is 0 Å². The lowest BCUT2D eigenvalue weighted by molar-refractivity contribution is 0.177. The van der Waals surface area contributed by atoms with Crippen LogP contribution in [0.1, 0.15) is 56.8 Å². The molecule has 0 aliphatic heterocycles. The molecule has 1 aromatic heterocycles. The standard InChI is InChI=1S/C16H29N3/c1-4-10-17-13-16(8-6-5-7-9-16)12-15-11-14(2)18-19(15)3/h11,17H,4-10,12-13H2,1-3H3. The molecule has 0 amide bonds. The highest BCUT2D eigenvalue weighted by Gasteiger charge is 2.32. The van der Waals surface area contributed by atoms with E-state index in [1.807, 2.05) is 0 Å². The van der Waals surface area contributed by atoms with Crippen molar-refractivity contribution in [1.82, 2.24) is 15.1 Å². The van der Waals surface area contributed by atoms with Crippen molar-refractivity contribution in [3.8, 4) is 0 Å². The number of hydrogen-bond donors (Lipinski definition) is 1. The Balaban J connectivity index is 2.06. The van der Waals surface area contributed by atoms with Crippen LogP contribution in [0.25, 0.3) is 0 Å². The minimum absolute atomic E-state index is 0.466. The first kappa shape index (κ1) is 14.6. The normalized spacial score (nSPS) is 18.7. The summed E-state index contributed by atoms with van der Waals surface area (Å²) in [5.74, 6) is 0. The van der Waals surface area contributed by atoms with Crippen molar-refractivity contribution in [2.75, 3.05) is 13.1 Å². The van der Waals surface area contributed by atoms with E-state index < -0.39 is 0 Å². The van der Waals surface area contributed by atoms with Crippen LogP contribution in [0.3, 0.4) is 0 Å². The molecule has 0 bridgehead atoms. The summed E-state index contributed by atoms with van der Waals surface area (Å²) in [6, 6.07) is 2.26. The van der Waals surface area contributed by atoms with Gasteiger partial charge in [-0.1, -0.05) is 26.2 Å². The molecule has 1 aliphatic rings. The first-order valence-corrected chi connectivity index (χ1v) is 7.85. The number of nitrogens with one attached hydrogen (secondary N) is 1. The summed E-state index contributed by atoms with van der Waals surface area (Å²) >= 11 is 0. The second-order valence-electron chi connectivity index (χ2n) is 6.31. The van der Waals surface area contributed by atoms with Gasteiger partial charge in [0.15, 0.2) is 0 Å². The number of aromatic nitrogens is 2. The molecule has 0 aromatic carbocycles. The minimum Gasteiger partial charge on any atom is -0.316 e. The Bertz CT molecular complexity index is 389. The Morgan fingerprint density at radius 1 is 1.32 bits per heavy atom. The van der Waals surface area contributed by atoms with E-state index in [9.17, 15) is 0 Å². The van der Waals surface area contributed by atoms with Crippen LogP contribution in [0.5, 0.6) is 0 Å². The van der Waals surface area contributed by atoms with Crippen LogP contribution < -0.4 is 5.32 Å². The van der Waals surface area contributed by atoms with Gasteiger partial charge in [0.1, 0.15) is 0 Å². The molecule has 1 aromatic rings. The molecule has 1 fully saturated rings. The van der Waals surface area contributed by atoms with Gasteiger partial charge in [0, 0.05) is 19.3 Å². The van der Waals surface area contributed by atoms with Gasteiger partial charge in [-0.25, -0.2) is 0 Å². The fourth-order valence-corrected chi connectivity index (χ4v) is 3.46. The summed E-state index contributed by atoms with van der Waals surface area (Å²) in [7, 11) is 2.08. The Morgan fingerprint density at radius 2 is 2.05 bits per heavy atom. The van der Waals surface area contributed by atoms with Crippen LogP contribution in [-0.2, 0) is 13.5 Å². The fraction of sp³-hybridized carbons (Fsp3) is 0.812. The average Bonchev–Trinajstić information content (AvgIpc) is 2.69. The van der Waals surface area contributed by atoms with Gasteiger partial charge in [-0.15, -0.1) is 0 Å². The first-order valence-electron chi connectivity index (χ1n) is 7.85. The lowest BCUT2D eigenvalue weighted by Gasteiger charge is -2.37. The summed E-state index contributed by atoms with van der Waals surface area (Å²) in [4.78, 5) is 0. The topological polar surface area (TPSA) is 29.9 Å². The third kappa shape index (κ3) is 3.82. The van der Waals surface area contributed by atoms with E-state index in [0.717, 1.165) is 12.2 Å². The Labute approximate surface area is 117 Å². The molecular weight excluding hydrogens is 234 g/mol. The maximum atomic E-state index is 4.50. The fourth-order valence-electron chi connectivity index (χ4n) is 3.46. The zero-order chi connectivity index (χ0) is 13.7. The molecule has 1 N–H and O–H groups in total. The SMILES string of the molecule is CCCNCC1(Cc2cc(C)nn2C)CCCCC1. The average molecular weight is 263 g/mol. The van der Waals surface area contributed by atoms with Crippen LogP contribution in [0.2, 0.25) is 0 Å². The van der Waals surface area contributed by atoms with E-state index in [0.29, 0.717) is 5.41 Å². The van der Waals surface area contributed by atoms with Gasteiger partial charge in [-0.3, -0.25) is 4.68 Å². The van der Waals surface area contributed by atoms with E-state index in [-0.39, 0.29) is 0 Å². The molecule has 19 heavy (non-hydrogen) atoms. The molecule has 0 saturated heterocycles. The summed E-state index contributed by atoms with van der Waals surface area (Å²) in [6.07, 6.45) is 9.35. The lowest BCUT2D eigenvalue weighted by Crippen LogP contribution is -2.38. The van der Waals surface area contributed by atoms with Gasteiger partial charge >= 0.3 is 0 Å². The molecule has 1 aliphatic carbocycles. The van der Waals surface area contributed by atoms with Crippen molar-refractivity contribution in [2.45, 2.75) is 58.8 Å². The molecule has 1 saturated carbocycles.